The van der Waals surface area contributed by atoms with Gasteiger partial charge in [0, 0.05) is 61.3 Å². The molecule has 3 heterocycles. The molecule has 5 aromatic rings. The number of phenols is 1. The number of ether oxygens (including phenoxy) is 1. The van der Waals surface area contributed by atoms with Gasteiger partial charge in [-0.1, -0.05) is 74.5 Å². The Labute approximate surface area is 477 Å². The molecule has 83 heavy (non-hydrogen) atoms. The zero-order valence-electron chi connectivity index (χ0n) is 46.0. The van der Waals surface area contributed by atoms with Crippen LogP contribution < -0.4 is 48.7 Å². The molecule has 27 heteroatoms. The van der Waals surface area contributed by atoms with E-state index in [1.54, 1.807) is 68.6 Å². The highest BCUT2D eigenvalue weighted by Crippen LogP contribution is 2.22. The van der Waals surface area contributed by atoms with Crippen molar-refractivity contribution in [2.75, 3.05) is 26.2 Å². The number of guanidine groups is 1. The number of aromatic nitrogens is 3. The van der Waals surface area contributed by atoms with E-state index >= 15 is 0 Å². The summed E-state index contributed by atoms with van der Waals surface area (Å²) in [6.45, 7) is 2.01. The predicted molar refractivity (Wildman–Crippen MR) is 301 cm³/mol. The molecular weight excluding hydrogens is 1080 g/mol. The molecule has 27 nitrogen and oxygen atoms in total. The first-order valence-electron chi connectivity index (χ1n) is 27.0. The molecule has 444 valence electrons. The number of aromatic hydroxyl groups is 1. The van der Waals surface area contributed by atoms with E-state index in [0.717, 1.165) is 5.52 Å². The Bertz CT molecular complexity index is 3040. The number of nitrogens with two attached hydrogens (primary N) is 2. The molecule has 0 spiro atoms. The molecule has 0 bridgehead atoms. The number of phenolic OH excluding ortho intramolecular Hbond substituents is 1. The van der Waals surface area contributed by atoms with Gasteiger partial charge < -0.3 is 83.6 Å². The Morgan fingerprint density at radius 1 is 0.735 bits per heavy atom. The van der Waals surface area contributed by atoms with Crippen molar-refractivity contribution in [2.24, 2.45) is 22.4 Å². The fraction of sp³-hybridized carbons (Fsp3) is 0.411. The molecule has 1 fully saturated rings. The van der Waals surface area contributed by atoms with Crippen LogP contribution in [0.2, 0.25) is 0 Å². The van der Waals surface area contributed by atoms with E-state index in [4.69, 9.17) is 16.2 Å². The number of carboxylic acids is 1. The van der Waals surface area contributed by atoms with Crippen LogP contribution in [0.5, 0.6) is 5.75 Å². The molecule has 3 aromatic carbocycles. The second kappa shape index (κ2) is 30.9. The number of carbonyl (C=O) groups is 9. The standard InChI is InChI=1S/C56H72N14O13/c1-32(2)22-41(49(75)65-40(14-8-20-60-55(57)58)53(79)70-21-9-15-46(70)54(80)81)64-47(73)28-62-48(74)42(23-33-16-18-37(72)19-17-33)66-52(78)45(29-71)68-50(76)43(24-35-26-61-39-13-7-6-12-38(35)39)67-51(77)44(25-36-27-59-31-63-36)69-56(82)83-30-34-10-4-3-5-11-34/h3-7,10-13,16-19,26-27,31-32,40-46,61,71-72H,8-9,14-15,20-25,28-30H2,1-2H3,(H,59,63)(H,62,74)(H,64,73)(H,65,75)(H,66,78)(H,67,77)(H,68,76)(H,69,82)(H,80,81)(H4,57,58,60)/t40-,41-,42-,43-,44-,45-,46-/m0/s1. The van der Waals surface area contributed by atoms with Crippen LogP contribution in [0.1, 0.15) is 68.3 Å². The summed E-state index contributed by atoms with van der Waals surface area (Å²) < 4.78 is 5.40. The summed E-state index contributed by atoms with van der Waals surface area (Å²) in [4.78, 5) is 139. The van der Waals surface area contributed by atoms with Crippen molar-refractivity contribution in [2.45, 2.75) is 114 Å². The molecule has 0 radical (unpaired) electrons. The number of carboxylic acid groups (broad SMARTS) is 1. The monoisotopic (exact) mass is 1150 g/mol. The minimum Gasteiger partial charge on any atom is -0.508 e. The zero-order chi connectivity index (χ0) is 60.0. The van der Waals surface area contributed by atoms with Crippen LogP contribution in [0.25, 0.3) is 10.9 Å². The second-order valence-electron chi connectivity index (χ2n) is 20.3. The first-order valence-corrected chi connectivity index (χ1v) is 27.0. The number of carbonyl (C=O) groups excluding carboxylic acids is 8. The maximum Gasteiger partial charge on any atom is 0.408 e. The van der Waals surface area contributed by atoms with Gasteiger partial charge in [0.15, 0.2) is 5.96 Å². The van der Waals surface area contributed by atoms with Gasteiger partial charge in [-0.25, -0.2) is 14.6 Å². The Morgan fingerprint density at radius 2 is 1.37 bits per heavy atom. The SMILES string of the molecule is CC(C)C[C@H](NC(=O)CNC(=O)[C@H](Cc1ccc(O)cc1)NC(=O)[C@H](CO)NC(=O)[C@H](Cc1c[nH]c2ccccc12)NC(=O)[C@H](Cc1cnc[nH]1)NC(=O)OCc1ccccc1)C(=O)N[C@@H](CCCN=C(N)N)C(=O)N1CCC[C@H]1C(=O)O. The first kappa shape index (κ1) is 62.7. The van der Waals surface area contributed by atoms with Crippen molar-refractivity contribution in [3.63, 3.8) is 0 Å². The quantitative estimate of drug-likeness (QED) is 0.0158. The van der Waals surface area contributed by atoms with Crippen molar-refractivity contribution < 1.29 is 63.2 Å². The topological polar surface area (TPSA) is 420 Å². The highest BCUT2D eigenvalue weighted by Gasteiger charge is 2.39. The van der Waals surface area contributed by atoms with Gasteiger partial charge in [-0.2, -0.15) is 0 Å². The lowest BCUT2D eigenvalue weighted by atomic mass is 10.0. The molecule has 0 saturated carbocycles. The van der Waals surface area contributed by atoms with Gasteiger partial charge in [-0.15, -0.1) is 0 Å². The van der Waals surface area contributed by atoms with Crippen LogP contribution >= 0.6 is 0 Å². The Hall–Kier alpha value is -9.53. The number of nitrogens with one attached hydrogen (secondary N) is 9. The van der Waals surface area contributed by atoms with Crippen molar-refractivity contribution in [1.29, 1.82) is 0 Å². The van der Waals surface area contributed by atoms with Crippen molar-refractivity contribution in [3.05, 3.63) is 120 Å². The third kappa shape index (κ3) is 19.3. The number of fused-ring (bicyclic) bond motifs is 1. The van der Waals surface area contributed by atoms with Gasteiger partial charge in [0.1, 0.15) is 54.6 Å². The smallest absolute Gasteiger partial charge is 0.408 e. The molecule has 6 rings (SSSR count). The van der Waals surface area contributed by atoms with Gasteiger partial charge in [-0.3, -0.25) is 38.6 Å². The van der Waals surface area contributed by atoms with E-state index in [1.165, 1.54) is 41.7 Å². The third-order valence-electron chi connectivity index (χ3n) is 13.5. The summed E-state index contributed by atoms with van der Waals surface area (Å²) in [6.07, 6.45) is 4.05. The number of alkyl carbamates (subject to hydrolysis) is 1. The number of aliphatic carboxylic acids is 1. The van der Waals surface area contributed by atoms with Crippen LogP contribution in [0.4, 0.5) is 4.79 Å². The summed E-state index contributed by atoms with van der Waals surface area (Å²) in [6, 6.07) is 12.1. The number of nitrogens with zero attached hydrogens (tertiary/aromatic N) is 3. The number of aliphatic hydroxyl groups is 1. The number of amides is 8. The fourth-order valence-electron chi connectivity index (χ4n) is 9.31. The summed E-state index contributed by atoms with van der Waals surface area (Å²) >= 11 is 0. The van der Waals surface area contributed by atoms with Crippen molar-refractivity contribution in [1.82, 2.24) is 57.1 Å². The largest absolute Gasteiger partial charge is 0.508 e. The first-order chi connectivity index (χ1) is 39.8. The number of likely N-dealkylation sites (tertiary alicyclic amines) is 1. The molecule has 16 N–H and O–H groups in total. The lowest BCUT2D eigenvalue weighted by molar-refractivity contribution is -0.149. The molecule has 2 aromatic heterocycles. The highest BCUT2D eigenvalue weighted by molar-refractivity contribution is 5.98. The van der Waals surface area contributed by atoms with Gasteiger partial charge in [-0.05, 0) is 72.9 Å². The number of hydrogen-bond donors (Lipinski definition) is 14. The maximum atomic E-state index is 14.4. The van der Waals surface area contributed by atoms with Crippen LogP contribution in [-0.2, 0) is 69.0 Å². The van der Waals surface area contributed by atoms with Crippen LogP contribution in [0, 0.1) is 5.92 Å². The molecule has 8 amide bonds. The lowest BCUT2D eigenvalue weighted by Crippen LogP contribution is -2.60. The number of aliphatic imine (C=N–C) groups is 1. The normalized spacial score (nSPS) is 15.1. The molecule has 7 atom stereocenters. The van der Waals surface area contributed by atoms with Crippen LogP contribution in [-0.4, -0.2) is 163 Å². The van der Waals surface area contributed by atoms with E-state index in [0.29, 0.717) is 34.2 Å². The zero-order valence-corrected chi connectivity index (χ0v) is 46.0. The summed E-state index contributed by atoms with van der Waals surface area (Å²) in [7, 11) is 0. The predicted octanol–water partition coefficient (Wildman–Crippen LogP) is -0.373. The lowest BCUT2D eigenvalue weighted by Gasteiger charge is -2.29. The Morgan fingerprint density at radius 3 is 2.04 bits per heavy atom. The number of imidazole rings is 1. The van der Waals surface area contributed by atoms with E-state index in [1.807, 2.05) is 6.07 Å². The molecule has 0 unspecified atom stereocenters. The summed E-state index contributed by atoms with van der Waals surface area (Å²) in [5.74, 6) is -7.61. The minimum absolute atomic E-state index is 0.0285. The maximum absolute atomic E-state index is 14.4. The third-order valence-corrected chi connectivity index (χ3v) is 13.5. The molecule has 1 saturated heterocycles. The van der Waals surface area contributed by atoms with E-state index in [-0.39, 0.29) is 82.3 Å². The van der Waals surface area contributed by atoms with Crippen molar-refractivity contribution >= 4 is 70.3 Å². The number of hydrogen-bond acceptors (Lipinski definition) is 14. The molecule has 1 aliphatic heterocycles. The number of H-pyrrole nitrogens is 2. The Kier molecular flexibility index (Phi) is 23.3. The number of aromatic amines is 2. The molecule has 1 aliphatic rings. The highest BCUT2D eigenvalue weighted by atomic mass is 16.5. The number of rotatable bonds is 30. The van der Waals surface area contributed by atoms with Gasteiger partial charge in [0.05, 0.1) is 19.5 Å². The van der Waals surface area contributed by atoms with E-state index in [2.05, 4.69) is 57.2 Å². The van der Waals surface area contributed by atoms with Crippen LogP contribution in [0.3, 0.4) is 0 Å². The van der Waals surface area contributed by atoms with Gasteiger partial charge in [0.25, 0.3) is 0 Å². The second-order valence-corrected chi connectivity index (χ2v) is 20.3. The Balaban J connectivity index is 1.16. The number of benzene rings is 3. The molecule has 0 aliphatic carbocycles. The van der Waals surface area contributed by atoms with Crippen LogP contribution in [0.15, 0.2) is 103 Å². The van der Waals surface area contributed by atoms with Crippen molar-refractivity contribution in [3.8, 4) is 5.75 Å². The summed E-state index contributed by atoms with van der Waals surface area (Å²) in [5, 5.41) is 49.2. The molecular formula is C56H72N14O13. The summed E-state index contributed by atoms with van der Waals surface area (Å²) in [5.41, 5.74) is 13.8. The van der Waals surface area contributed by atoms with E-state index < -0.39 is 109 Å². The van der Waals surface area contributed by atoms with Gasteiger partial charge >= 0.3 is 12.1 Å². The average molecular weight is 1150 g/mol. The van der Waals surface area contributed by atoms with E-state index in [9.17, 15) is 58.5 Å². The fourth-order valence-corrected chi connectivity index (χ4v) is 9.31. The minimum atomic E-state index is -1.74. The average Bonchev–Trinajstić information content (AvgIpc) is 4.37. The number of para-hydroxylation sites is 1. The van der Waals surface area contributed by atoms with Gasteiger partial charge in [0.2, 0.25) is 41.4 Å². The number of aliphatic hydroxyl groups excluding tert-OH is 1.